The molecule has 6 heteroatoms. The van der Waals surface area contributed by atoms with Gasteiger partial charge in [-0.15, -0.1) is 0 Å². The number of piperidine rings is 1. The van der Waals surface area contributed by atoms with E-state index in [1.54, 1.807) is 0 Å². The molecule has 2 heterocycles. The average Bonchev–Trinajstić information content (AvgIpc) is 3.13. The largest absolute Gasteiger partial charge is 0.483 e. The van der Waals surface area contributed by atoms with E-state index < -0.39 is 0 Å². The molecule has 3 fully saturated rings. The van der Waals surface area contributed by atoms with Gasteiger partial charge in [0.25, 0.3) is 5.91 Å². The molecule has 5 rings (SSSR count). The fourth-order valence-electron chi connectivity index (χ4n) is 5.36. The predicted octanol–water partition coefficient (Wildman–Crippen LogP) is 4.36. The Morgan fingerprint density at radius 2 is 1.77 bits per heavy atom. The van der Waals surface area contributed by atoms with Crippen LogP contribution >= 0.6 is 0 Å². The molecule has 0 aromatic heterocycles. The van der Waals surface area contributed by atoms with Gasteiger partial charge >= 0.3 is 6.09 Å². The first kappa shape index (κ1) is 20.2. The molecule has 2 saturated heterocycles. The maximum absolute atomic E-state index is 12.7. The smallest absolute Gasteiger partial charge is 0.410 e. The Labute approximate surface area is 183 Å². The van der Waals surface area contributed by atoms with E-state index in [9.17, 15) is 9.59 Å². The first-order valence-electron chi connectivity index (χ1n) is 11.5. The maximum Gasteiger partial charge on any atom is 0.410 e. The van der Waals surface area contributed by atoms with Gasteiger partial charge in [0.1, 0.15) is 11.4 Å². The summed E-state index contributed by atoms with van der Waals surface area (Å²) in [6.45, 7) is 2.06. The first-order valence-corrected chi connectivity index (χ1v) is 11.5. The van der Waals surface area contributed by atoms with Crippen molar-refractivity contribution in [2.75, 3.05) is 26.2 Å². The van der Waals surface area contributed by atoms with Gasteiger partial charge in [-0.1, -0.05) is 42.8 Å². The van der Waals surface area contributed by atoms with Crippen LogP contribution in [-0.2, 0) is 9.53 Å². The van der Waals surface area contributed by atoms with E-state index in [4.69, 9.17) is 9.47 Å². The fourth-order valence-corrected chi connectivity index (χ4v) is 5.36. The zero-order chi connectivity index (χ0) is 21.3. The Hall–Kier alpha value is -2.76. The highest BCUT2D eigenvalue weighted by Gasteiger charge is 2.48. The predicted molar refractivity (Wildman–Crippen MR) is 118 cm³/mol. The standard InChI is InChI=1S/C25H30N2O4/c28-23(17-30-22-10-6-8-19-7-2-3-9-21(19)22)26-15-11-20(12-16-26)27-18-25(31-24(27)29)13-4-1-5-14-25/h2-3,6-10,20H,1,4-5,11-18H2. The number of benzene rings is 2. The number of fused-ring (bicyclic) bond motifs is 1. The van der Waals surface area contributed by atoms with Gasteiger partial charge < -0.3 is 19.3 Å². The highest BCUT2D eigenvalue weighted by molar-refractivity contribution is 5.88. The van der Waals surface area contributed by atoms with Crippen LogP contribution < -0.4 is 4.74 Å². The molecule has 0 atom stereocenters. The van der Waals surface area contributed by atoms with E-state index in [1.807, 2.05) is 52.3 Å². The second kappa shape index (κ2) is 8.40. The zero-order valence-corrected chi connectivity index (χ0v) is 17.9. The highest BCUT2D eigenvalue weighted by atomic mass is 16.6. The van der Waals surface area contributed by atoms with Crippen molar-refractivity contribution < 1.29 is 19.1 Å². The lowest BCUT2D eigenvalue weighted by Gasteiger charge is -2.36. The second-order valence-corrected chi connectivity index (χ2v) is 9.12. The van der Waals surface area contributed by atoms with Crippen molar-refractivity contribution in [2.45, 2.75) is 56.6 Å². The molecule has 0 N–H and O–H groups in total. The van der Waals surface area contributed by atoms with E-state index in [0.29, 0.717) is 19.6 Å². The molecule has 1 saturated carbocycles. The summed E-state index contributed by atoms with van der Waals surface area (Å²) in [6.07, 6.45) is 6.92. The summed E-state index contributed by atoms with van der Waals surface area (Å²) in [4.78, 5) is 29.1. The third kappa shape index (κ3) is 4.08. The Kier molecular flexibility index (Phi) is 5.47. The van der Waals surface area contributed by atoms with Crippen LogP contribution in [0.25, 0.3) is 10.8 Å². The molecule has 0 bridgehead atoms. The van der Waals surface area contributed by atoms with Crippen molar-refractivity contribution in [3.8, 4) is 5.75 Å². The van der Waals surface area contributed by atoms with E-state index in [-0.39, 0.29) is 30.3 Å². The van der Waals surface area contributed by atoms with Gasteiger partial charge in [0.15, 0.2) is 6.61 Å². The number of ether oxygens (including phenoxy) is 2. The first-order chi connectivity index (χ1) is 15.1. The van der Waals surface area contributed by atoms with Crippen LogP contribution in [0.5, 0.6) is 5.75 Å². The van der Waals surface area contributed by atoms with Crippen LogP contribution in [0, 0.1) is 0 Å². The van der Waals surface area contributed by atoms with Crippen LogP contribution in [0.15, 0.2) is 42.5 Å². The summed E-state index contributed by atoms with van der Waals surface area (Å²) in [5.41, 5.74) is -0.255. The van der Waals surface area contributed by atoms with Gasteiger partial charge in [-0.2, -0.15) is 0 Å². The van der Waals surface area contributed by atoms with Crippen LogP contribution in [0.1, 0.15) is 44.9 Å². The number of hydrogen-bond acceptors (Lipinski definition) is 4. The van der Waals surface area contributed by atoms with Crippen molar-refractivity contribution in [3.63, 3.8) is 0 Å². The van der Waals surface area contributed by atoms with Crippen molar-refractivity contribution in [3.05, 3.63) is 42.5 Å². The quantitative estimate of drug-likeness (QED) is 0.734. The number of carbonyl (C=O) groups is 2. The molecule has 164 valence electrons. The minimum absolute atomic E-state index is 0.000802. The van der Waals surface area contributed by atoms with Crippen molar-refractivity contribution in [1.29, 1.82) is 0 Å². The molecule has 31 heavy (non-hydrogen) atoms. The summed E-state index contributed by atoms with van der Waals surface area (Å²) in [5.74, 6) is 0.734. The summed E-state index contributed by atoms with van der Waals surface area (Å²) < 4.78 is 11.7. The Balaban J connectivity index is 1.14. The van der Waals surface area contributed by atoms with Crippen molar-refractivity contribution in [1.82, 2.24) is 9.80 Å². The number of likely N-dealkylation sites (tertiary alicyclic amines) is 1. The number of carbonyl (C=O) groups excluding carboxylic acids is 2. The molecule has 1 aliphatic carbocycles. The molecule has 2 amide bonds. The fraction of sp³-hybridized carbons (Fsp3) is 0.520. The molecule has 0 unspecified atom stereocenters. The third-order valence-electron chi connectivity index (χ3n) is 7.12. The van der Waals surface area contributed by atoms with Crippen molar-refractivity contribution in [2.24, 2.45) is 0 Å². The highest BCUT2D eigenvalue weighted by Crippen LogP contribution is 2.38. The molecular weight excluding hydrogens is 392 g/mol. The van der Waals surface area contributed by atoms with Gasteiger partial charge in [0.2, 0.25) is 0 Å². The zero-order valence-electron chi connectivity index (χ0n) is 17.9. The van der Waals surface area contributed by atoms with Gasteiger partial charge in [-0.25, -0.2) is 4.79 Å². The molecule has 2 aromatic carbocycles. The molecule has 0 radical (unpaired) electrons. The maximum atomic E-state index is 12.7. The summed E-state index contributed by atoms with van der Waals surface area (Å²) >= 11 is 0. The summed E-state index contributed by atoms with van der Waals surface area (Å²) in [5, 5.41) is 2.11. The van der Waals surface area contributed by atoms with Gasteiger partial charge in [0, 0.05) is 24.5 Å². The van der Waals surface area contributed by atoms with Crippen molar-refractivity contribution >= 4 is 22.8 Å². The summed E-state index contributed by atoms with van der Waals surface area (Å²) in [7, 11) is 0. The number of amides is 2. The minimum atomic E-state index is -0.255. The van der Waals surface area contributed by atoms with E-state index in [2.05, 4.69) is 0 Å². The van der Waals surface area contributed by atoms with Gasteiger partial charge in [-0.3, -0.25) is 4.79 Å². The van der Waals surface area contributed by atoms with Crippen LogP contribution in [0.4, 0.5) is 4.79 Å². The molecule has 2 aliphatic heterocycles. The van der Waals surface area contributed by atoms with E-state index in [0.717, 1.165) is 55.0 Å². The lowest BCUT2D eigenvalue weighted by Crippen LogP contribution is -2.49. The Morgan fingerprint density at radius 1 is 1.03 bits per heavy atom. The summed E-state index contributed by atoms with van der Waals surface area (Å²) in [6, 6.07) is 14.1. The lowest BCUT2D eigenvalue weighted by molar-refractivity contribution is -0.134. The van der Waals surface area contributed by atoms with Crippen LogP contribution in [0.2, 0.25) is 0 Å². The van der Waals surface area contributed by atoms with E-state index >= 15 is 0 Å². The third-order valence-corrected chi connectivity index (χ3v) is 7.12. The monoisotopic (exact) mass is 422 g/mol. The van der Waals surface area contributed by atoms with Gasteiger partial charge in [-0.05, 0) is 50.0 Å². The number of nitrogens with zero attached hydrogens (tertiary/aromatic N) is 2. The lowest BCUT2D eigenvalue weighted by atomic mass is 9.84. The Morgan fingerprint density at radius 3 is 2.58 bits per heavy atom. The Bertz CT molecular complexity index is 956. The molecule has 1 spiro atoms. The minimum Gasteiger partial charge on any atom is -0.483 e. The number of rotatable bonds is 4. The normalized spacial score (nSPS) is 21.5. The van der Waals surface area contributed by atoms with E-state index in [1.165, 1.54) is 6.42 Å². The average molecular weight is 423 g/mol. The molecule has 3 aliphatic rings. The molecular formula is C25H30N2O4. The van der Waals surface area contributed by atoms with Crippen LogP contribution in [0.3, 0.4) is 0 Å². The second-order valence-electron chi connectivity index (χ2n) is 9.12. The van der Waals surface area contributed by atoms with Crippen LogP contribution in [-0.4, -0.2) is 59.7 Å². The molecule has 6 nitrogen and oxygen atoms in total. The number of hydrogen-bond donors (Lipinski definition) is 0. The topological polar surface area (TPSA) is 59.1 Å². The van der Waals surface area contributed by atoms with Gasteiger partial charge in [0.05, 0.1) is 6.54 Å². The molecule has 2 aromatic rings. The SMILES string of the molecule is O=C(COc1cccc2ccccc12)N1CCC(N2CC3(CCCCC3)OC2=O)CC1.